The van der Waals surface area contributed by atoms with Gasteiger partial charge in [0, 0.05) is 44.6 Å². The quantitative estimate of drug-likeness (QED) is 0.144. The Morgan fingerprint density at radius 1 is 0.277 bits per heavy atom. The Labute approximate surface area is 378 Å². The smallest absolute Gasteiger partial charge is 0.0789 e. The molecule has 0 saturated heterocycles. The van der Waals surface area contributed by atoms with Crippen molar-refractivity contribution in [2.75, 3.05) is 9.80 Å². The molecule has 0 fully saturated rings. The number of nitrogens with zero attached hydrogens (tertiary/aromatic N) is 3. The zero-order valence-corrected chi connectivity index (χ0v) is 35.7. The summed E-state index contributed by atoms with van der Waals surface area (Å²) in [6.07, 6.45) is 0. The highest BCUT2D eigenvalue weighted by molar-refractivity contribution is 6.32. The lowest BCUT2D eigenvalue weighted by molar-refractivity contribution is 1.17. The summed E-state index contributed by atoms with van der Waals surface area (Å²) < 4.78 is 2.51. The second kappa shape index (κ2) is 16.2. The monoisotopic (exact) mass is 829 g/mol. The largest absolute Gasteiger partial charge is 0.310 e. The third-order valence-electron chi connectivity index (χ3n) is 12.7. The minimum absolute atomic E-state index is 1.08. The molecule has 0 saturated carbocycles. The van der Waals surface area contributed by atoms with Crippen molar-refractivity contribution in [2.24, 2.45) is 0 Å². The lowest BCUT2D eigenvalue weighted by Gasteiger charge is -2.28. The van der Waals surface area contributed by atoms with Crippen molar-refractivity contribution >= 4 is 77.5 Å². The van der Waals surface area contributed by atoms with Crippen LogP contribution in [0.3, 0.4) is 0 Å². The molecular formula is C62H43N3. The molecule has 0 N–H and O–H groups in total. The van der Waals surface area contributed by atoms with Gasteiger partial charge < -0.3 is 14.4 Å². The van der Waals surface area contributed by atoms with Crippen molar-refractivity contribution in [3.8, 4) is 27.9 Å². The molecule has 0 spiro atoms. The van der Waals surface area contributed by atoms with Crippen LogP contribution in [0.5, 0.6) is 0 Å². The standard InChI is InChI=1S/C62H43N3/c1-6-20-44(21-7-1)46-34-38-52(39-35-46)63(49-25-10-3-11-26-49)57-43-58-60(56-33-19-18-32-55(56)57)61-54-31-17-16-24-48(54)42-59(62(61)65(58)51-29-14-5-15-30-51)64(50-27-12-4-13-28-50)53-40-36-47(37-41-53)45-22-8-2-9-23-45/h1-43H. The number of benzene rings is 11. The third kappa shape index (κ3) is 6.70. The van der Waals surface area contributed by atoms with Crippen LogP contribution in [0.1, 0.15) is 0 Å². The molecule has 11 aromatic carbocycles. The van der Waals surface area contributed by atoms with Crippen LogP contribution >= 0.6 is 0 Å². The first kappa shape index (κ1) is 38.0. The van der Waals surface area contributed by atoms with Crippen molar-refractivity contribution in [3.05, 3.63) is 261 Å². The molecule has 65 heavy (non-hydrogen) atoms. The molecule has 0 bridgehead atoms. The van der Waals surface area contributed by atoms with Crippen molar-refractivity contribution in [1.82, 2.24) is 4.57 Å². The molecular weight excluding hydrogens is 787 g/mol. The minimum Gasteiger partial charge on any atom is -0.310 e. The second-order valence-electron chi connectivity index (χ2n) is 16.5. The molecule has 0 aliphatic heterocycles. The summed E-state index contributed by atoms with van der Waals surface area (Å²) >= 11 is 0. The van der Waals surface area contributed by atoms with E-state index in [1.807, 2.05) is 0 Å². The average Bonchev–Trinajstić information content (AvgIpc) is 3.74. The van der Waals surface area contributed by atoms with Crippen LogP contribution in [0.15, 0.2) is 261 Å². The van der Waals surface area contributed by atoms with Gasteiger partial charge in [-0.15, -0.1) is 0 Å². The number of hydrogen-bond donors (Lipinski definition) is 0. The number of hydrogen-bond acceptors (Lipinski definition) is 2. The first-order valence-electron chi connectivity index (χ1n) is 22.3. The molecule has 0 aliphatic carbocycles. The van der Waals surface area contributed by atoms with Crippen molar-refractivity contribution in [1.29, 1.82) is 0 Å². The Morgan fingerprint density at radius 2 is 0.677 bits per heavy atom. The van der Waals surface area contributed by atoms with Gasteiger partial charge in [0.1, 0.15) is 0 Å². The number of anilines is 6. The molecule has 12 rings (SSSR count). The molecule has 0 aliphatic rings. The summed E-state index contributed by atoms with van der Waals surface area (Å²) in [5, 5.41) is 7.21. The molecule has 0 amide bonds. The van der Waals surface area contributed by atoms with Crippen LogP contribution < -0.4 is 9.80 Å². The molecule has 3 heteroatoms. The van der Waals surface area contributed by atoms with E-state index < -0.39 is 0 Å². The molecule has 0 atom stereocenters. The third-order valence-corrected chi connectivity index (χ3v) is 12.7. The number of rotatable bonds is 9. The van der Waals surface area contributed by atoms with E-state index in [0.29, 0.717) is 0 Å². The fourth-order valence-electron chi connectivity index (χ4n) is 9.78. The van der Waals surface area contributed by atoms with E-state index in [-0.39, 0.29) is 0 Å². The van der Waals surface area contributed by atoms with Crippen LogP contribution in [0.25, 0.3) is 71.3 Å². The Balaban J connectivity index is 1.19. The summed E-state index contributed by atoms with van der Waals surface area (Å²) in [6.45, 7) is 0. The lowest BCUT2D eigenvalue weighted by atomic mass is 9.97. The van der Waals surface area contributed by atoms with E-state index in [1.54, 1.807) is 0 Å². The Bertz CT molecular complexity index is 3600. The van der Waals surface area contributed by atoms with Gasteiger partial charge in [-0.1, -0.05) is 188 Å². The zero-order chi connectivity index (χ0) is 43.1. The van der Waals surface area contributed by atoms with Gasteiger partial charge in [0.15, 0.2) is 0 Å². The fourth-order valence-corrected chi connectivity index (χ4v) is 9.78. The lowest BCUT2D eigenvalue weighted by Crippen LogP contribution is -2.12. The SMILES string of the molecule is c1ccc(-c2ccc(N(c3ccccc3)c3cc4c(c5ccccc35)c3c5ccccc5cc(N(c5ccccc5)c5ccc(-c6ccccc6)cc5)c3n4-c3ccccc3)cc2)cc1. The highest BCUT2D eigenvalue weighted by Crippen LogP contribution is 2.51. The zero-order valence-electron chi connectivity index (χ0n) is 35.7. The van der Waals surface area contributed by atoms with Gasteiger partial charge in [-0.05, 0) is 111 Å². The van der Waals surface area contributed by atoms with Gasteiger partial charge in [-0.2, -0.15) is 0 Å². The molecule has 306 valence electrons. The van der Waals surface area contributed by atoms with Crippen LogP contribution in [0, 0.1) is 0 Å². The summed E-state index contributed by atoms with van der Waals surface area (Å²) in [6, 6.07) is 94.4. The second-order valence-corrected chi connectivity index (χ2v) is 16.5. The predicted octanol–water partition coefficient (Wildman–Crippen LogP) is 17.4. The minimum atomic E-state index is 1.08. The highest BCUT2D eigenvalue weighted by atomic mass is 15.2. The van der Waals surface area contributed by atoms with Crippen LogP contribution in [-0.2, 0) is 0 Å². The molecule has 1 aromatic heterocycles. The first-order chi connectivity index (χ1) is 32.3. The Hall–Kier alpha value is -8.66. The van der Waals surface area contributed by atoms with Gasteiger partial charge >= 0.3 is 0 Å². The highest BCUT2D eigenvalue weighted by Gasteiger charge is 2.27. The topological polar surface area (TPSA) is 11.4 Å². The normalized spacial score (nSPS) is 11.4. The molecule has 0 unspecified atom stereocenters. The van der Waals surface area contributed by atoms with Crippen LogP contribution in [0.2, 0.25) is 0 Å². The summed E-state index contributed by atoms with van der Waals surface area (Å²) in [5.74, 6) is 0. The average molecular weight is 830 g/mol. The molecule has 3 nitrogen and oxygen atoms in total. The van der Waals surface area contributed by atoms with Gasteiger partial charge in [0.2, 0.25) is 0 Å². The predicted molar refractivity (Wildman–Crippen MR) is 276 cm³/mol. The van der Waals surface area contributed by atoms with Crippen LogP contribution in [-0.4, -0.2) is 4.57 Å². The maximum atomic E-state index is 2.51. The van der Waals surface area contributed by atoms with E-state index in [2.05, 4.69) is 275 Å². The van der Waals surface area contributed by atoms with Gasteiger partial charge in [0.25, 0.3) is 0 Å². The van der Waals surface area contributed by atoms with E-state index >= 15 is 0 Å². The van der Waals surface area contributed by atoms with Gasteiger partial charge in [0.05, 0.1) is 22.4 Å². The maximum Gasteiger partial charge on any atom is 0.0789 e. The van der Waals surface area contributed by atoms with E-state index in [4.69, 9.17) is 0 Å². The Morgan fingerprint density at radius 3 is 1.22 bits per heavy atom. The van der Waals surface area contributed by atoms with E-state index in [1.165, 1.54) is 54.6 Å². The molecule has 12 aromatic rings. The van der Waals surface area contributed by atoms with E-state index in [9.17, 15) is 0 Å². The number of para-hydroxylation sites is 3. The van der Waals surface area contributed by atoms with Crippen molar-refractivity contribution < 1.29 is 0 Å². The maximum absolute atomic E-state index is 2.51. The first-order valence-corrected chi connectivity index (χ1v) is 22.3. The Kier molecular flexibility index (Phi) is 9.50. The fraction of sp³-hybridized carbons (Fsp3) is 0. The van der Waals surface area contributed by atoms with Gasteiger partial charge in [-0.3, -0.25) is 0 Å². The van der Waals surface area contributed by atoms with Crippen molar-refractivity contribution in [2.45, 2.75) is 0 Å². The number of aromatic nitrogens is 1. The molecule has 1 heterocycles. The van der Waals surface area contributed by atoms with Crippen LogP contribution in [0.4, 0.5) is 34.1 Å². The van der Waals surface area contributed by atoms with Gasteiger partial charge in [-0.25, -0.2) is 0 Å². The molecule has 0 radical (unpaired) electrons. The van der Waals surface area contributed by atoms with Crippen molar-refractivity contribution in [3.63, 3.8) is 0 Å². The summed E-state index contributed by atoms with van der Waals surface area (Å²) in [4.78, 5) is 4.86. The van der Waals surface area contributed by atoms with E-state index in [0.717, 1.165) is 50.8 Å². The summed E-state index contributed by atoms with van der Waals surface area (Å²) in [7, 11) is 0. The summed E-state index contributed by atoms with van der Waals surface area (Å²) in [5.41, 5.74) is 14.7. The number of fused-ring (bicyclic) bond motifs is 7.